The molecule has 0 heterocycles. The van der Waals surface area contributed by atoms with Crippen LogP contribution in [0, 0.1) is 5.92 Å². The Balaban J connectivity index is 2.36. The second-order valence-electron chi connectivity index (χ2n) is 3.93. The second-order valence-corrected chi connectivity index (χ2v) is 3.93. The first-order chi connectivity index (χ1) is 6.59. The fourth-order valence-corrected chi connectivity index (χ4v) is 1.76. The first-order valence-corrected chi connectivity index (χ1v) is 4.68. The fourth-order valence-electron chi connectivity index (χ4n) is 1.76. The van der Waals surface area contributed by atoms with Gasteiger partial charge in [-0.05, 0) is 36.0 Å². The third-order valence-corrected chi connectivity index (χ3v) is 2.81. The zero-order valence-electron chi connectivity index (χ0n) is 7.95. The predicted octanol–water partition coefficient (Wildman–Crippen LogP) is 1.95. The van der Waals surface area contributed by atoms with Crippen LogP contribution in [-0.4, -0.2) is 16.2 Å². The van der Waals surface area contributed by atoms with Crippen LogP contribution >= 0.6 is 0 Å². The van der Waals surface area contributed by atoms with Crippen LogP contribution in [0.25, 0.3) is 0 Å². The van der Waals surface area contributed by atoms with Crippen LogP contribution in [0.3, 0.4) is 0 Å². The average Bonchev–Trinajstić information content (AvgIpc) is 2.83. The fraction of sp³-hybridized carbons (Fsp3) is 0.364. The minimum Gasteiger partial charge on any atom is -0.593 e. The zero-order chi connectivity index (χ0) is 10.3. The lowest BCUT2D eigenvalue weighted by Crippen LogP contribution is -1.97. The molecule has 2 rings (SSSR count). The topological polar surface area (TPSA) is 60.2 Å². The van der Waals surface area contributed by atoms with Crippen LogP contribution in [0.15, 0.2) is 18.2 Å². The van der Waals surface area contributed by atoms with Crippen LogP contribution in [0.2, 0.25) is 0 Å². The van der Waals surface area contributed by atoms with Crippen LogP contribution < -0.4 is 0 Å². The van der Waals surface area contributed by atoms with Crippen LogP contribution in [-0.2, 0) is 0 Å². The highest BCUT2D eigenvalue weighted by atomic mass is 16.4. The molecule has 1 fully saturated rings. The summed E-state index contributed by atoms with van der Waals surface area (Å²) in [7, 11) is 0. The predicted molar refractivity (Wildman–Crippen MR) is 53.0 cm³/mol. The largest absolute Gasteiger partial charge is 0.593 e. The summed E-state index contributed by atoms with van der Waals surface area (Å²) in [4.78, 5) is 10.8. The van der Waals surface area contributed by atoms with Gasteiger partial charge in [-0.2, -0.15) is 0 Å². The Bertz CT molecular complexity index is 384. The Labute approximate surface area is 82.0 Å². The molecule has 0 aliphatic heterocycles. The molecule has 0 saturated heterocycles. The molecule has 0 amide bonds. The number of benzene rings is 1. The molecule has 3 heteroatoms. The van der Waals surface area contributed by atoms with Crippen molar-refractivity contribution in [2.45, 2.75) is 19.3 Å². The van der Waals surface area contributed by atoms with Gasteiger partial charge in [-0.15, -0.1) is 0 Å². The van der Waals surface area contributed by atoms with E-state index in [1.54, 1.807) is 12.1 Å². The Morgan fingerprint density at radius 3 is 2.71 bits per heavy atom. The number of carboxylic acid groups (broad SMARTS) is 1. The molecule has 0 spiro atoms. The molecule has 0 bridgehead atoms. The van der Waals surface area contributed by atoms with E-state index < -0.39 is 5.97 Å². The maximum absolute atomic E-state index is 10.8. The molecule has 1 saturated carbocycles. The lowest BCUT2D eigenvalue weighted by molar-refractivity contribution is 0.0693. The molecule has 3 N–H and O–H groups in total. The molecular formula is C11H13O3+. The van der Waals surface area contributed by atoms with Gasteiger partial charge in [0.05, 0.1) is 0 Å². The first kappa shape index (κ1) is 9.06. The highest BCUT2D eigenvalue weighted by Gasteiger charge is 2.34. The van der Waals surface area contributed by atoms with Crippen LogP contribution in [0.1, 0.15) is 35.2 Å². The van der Waals surface area contributed by atoms with Crippen LogP contribution in [0.5, 0.6) is 5.75 Å². The third kappa shape index (κ3) is 1.45. The molecule has 1 aliphatic carbocycles. The second kappa shape index (κ2) is 3.01. The van der Waals surface area contributed by atoms with Crippen molar-refractivity contribution in [3.05, 3.63) is 29.3 Å². The van der Waals surface area contributed by atoms with Crippen molar-refractivity contribution in [2.75, 3.05) is 0 Å². The number of aromatic carboxylic acids is 1. The highest BCUT2D eigenvalue weighted by molar-refractivity contribution is 5.91. The van der Waals surface area contributed by atoms with Gasteiger partial charge in [0.15, 0.2) is 5.56 Å². The van der Waals surface area contributed by atoms with Gasteiger partial charge in [0.1, 0.15) is 0 Å². The average molecular weight is 193 g/mol. The normalized spacial score (nSPS) is 24.6. The number of hydrogen-bond donors (Lipinski definition) is 1. The summed E-state index contributed by atoms with van der Waals surface area (Å²) < 4.78 is 0. The summed E-state index contributed by atoms with van der Waals surface area (Å²) in [5.41, 5.74) is 1.17. The van der Waals surface area contributed by atoms with E-state index in [4.69, 9.17) is 10.2 Å². The lowest BCUT2D eigenvalue weighted by Gasteiger charge is -2.00. The molecule has 2 atom stereocenters. The summed E-state index contributed by atoms with van der Waals surface area (Å²) in [5, 5.41) is 16.3. The Morgan fingerprint density at radius 2 is 2.21 bits per heavy atom. The molecule has 1 unspecified atom stereocenters. The summed E-state index contributed by atoms with van der Waals surface area (Å²) in [6.45, 7) is 2.15. The van der Waals surface area contributed by atoms with Crippen molar-refractivity contribution in [1.29, 1.82) is 0 Å². The third-order valence-electron chi connectivity index (χ3n) is 2.81. The smallest absolute Gasteiger partial charge is 0.345 e. The van der Waals surface area contributed by atoms with Gasteiger partial charge in [-0.1, -0.05) is 6.92 Å². The van der Waals surface area contributed by atoms with E-state index in [9.17, 15) is 4.79 Å². The highest BCUT2D eigenvalue weighted by Crippen LogP contribution is 2.47. The molecule has 0 aromatic heterocycles. The number of hydrogen-bond acceptors (Lipinski definition) is 1. The maximum atomic E-state index is 10.8. The van der Waals surface area contributed by atoms with Gasteiger partial charge < -0.3 is 10.2 Å². The van der Waals surface area contributed by atoms with Gasteiger partial charge in [-0.25, -0.2) is 4.79 Å². The van der Waals surface area contributed by atoms with Gasteiger partial charge >= 0.3 is 5.97 Å². The molecule has 0 radical (unpaired) electrons. The summed E-state index contributed by atoms with van der Waals surface area (Å²) in [5.74, 6) is 0.252. The zero-order valence-corrected chi connectivity index (χ0v) is 7.95. The first-order valence-electron chi connectivity index (χ1n) is 4.68. The number of carbonyl (C=O) groups is 1. The monoisotopic (exact) mass is 193 g/mol. The van der Waals surface area contributed by atoms with Gasteiger partial charge in [0.25, 0.3) is 5.75 Å². The Hall–Kier alpha value is -1.51. The summed E-state index contributed by atoms with van der Waals surface area (Å²) >= 11 is 0. The molecule has 1 aliphatic rings. The molecule has 3 nitrogen and oxygen atoms in total. The summed E-state index contributed by atoms with van der Waals surface area (Å²) in [6.07, 6.45) is 1.14. The van der Waals surface area contributed by atoms with E-state index in [0.29, 0.717) is 11.8 Å². The van der Waals surface area contributed by atoms with Crippen molar-refractivity contribution in [3.63, 3.8) is 0 Å². The van der Waals surface area contributed by atoms with Crippen molar-refractivity contribution in [2.24, 2.45) is 5.92 Å². The van der Waals surface area contributed by atoms with Gasteiger partial charge in [-0.3, -0.25) is 0 Å². The van der Waals surface area contributed by atoms with Gasteiger partial charge in [0.2, 0.25) is 0 Å². The van der Waals surface area contributed by atoms with Gasteiger partial charge in [0, 0.05) is 6.07 Å². The van der Waals surface area contributed by atoms with E-state index in [2.05, 4.69) is 6.92 Å². The van der Waals surface area contributed by atoms with E-state index in [-0.39, 0.29) is 11.3 Å². The quantitative estimate of drug-likeness (QED) is 0.729. The molecular weight excluding hydrogens is 180 g/mol. The maximum Gasteiger partial charge on any atom is 0.345 e. The van der Waals surface area contributed by atoms with E-state index in [1.165, 1.54) is 0 Å². The molecule has 14 heavy (non-hydrogen) atoms. The summed E-state index contributed by atoms with van der Waals surface area (Å²) in [6, 6.07) is 5.07. The van der Waals surface area contributed by atoms with E-state index in [1.807, 2.05) is 6.07 Å². The van der Waals surface area contributed by atoms with E-state index in [0.717, 1.165) is 12.0 Å². The number of carboxylic acids is 1. The van der Waals surface area contributed by atoms with Crippen molar-refractivity contribution >= 4 is 5.97 Å². The minimum absolute atomic E-state index is 0.0922. The Morgan fingerprint density at radius 1 is 1.57 bits per heavy atom. The Kier molecular flexibility index (Phi) is 1.95. The SMILES string of the molecule is CC1C[C@@H]1c1ccc([OH2+])c(C(=O)O)c1. The lowest BCUT2D eigenvalue weighted by atomic mass is 10.1. The molecule has 1 aromatic rings. The standard InChI is InChI=1S/C11H12O3/c1-6-4-8(6)7-2-3-10(12)9(5-7)11(13)14/h2-3,5-6,8,12H,4H2,1H3,(H,13,14)/p+1/t6?,8-/m0/s1. The minimum atomic E-state index is -1.01. The number of rotatable bonds is 2. The molecule has 1 aromatic carbocycles. The van der Waals surface area contributed by atoms with E-state index >= 15 is 0 Å². The van der Waals surface area contributed by atoms with Crippen molar-refractivity contribution in [3.8, 4) is 5.75 Å². The van der Waals surface area contributed by atoms with Crippen molar-refractivity contribution in [1.82, 2.24) is 0 Å². The van der Waals surface area contributed by atoms with Crippen molar-refractivity contribution < 1.29 is 15.0 Å². The van der Waals surface area contributed by atoms with Crippen LogP contribution in [0.4, 0.5) is 0 Å². The molecule has 74 valence electrons.